The van der Waals surface area contributed by atoms with Gasteiger partial charge < -0.3 is 5.32 Å². The molecule has 1 N–H and O–H groups in total. The van der Waals surface area contributed by atoms with E-state index in [9.17, 15) is 0 Å². The van der Waals surface area contributed by atoms with E-state index < -0.39 is 0 Å². The van der Waals surface area contributed by atoms with Crippen molar-refractivity contribution in [2.24, 2.45) is 0 Å². The molecule has 0 spiro atoms. The molecule has 0 saturated heterocycles. The molecule has 1 aromatic carbocycles. The summed E-state index contributed by atoms with van der Waals surface area (Å²) < 4.78 is 2.52. The van der Waals surface area contributed by atoms with Crippen LogP contribution in [0.1, 0.15) is 24.7 Å². The summed E-state index contributed by atoms with van der Waals surface area (Å²) in [5.74, 6) is 0.167. The summed E-state index contributed by atoms with van der Waals surface area (Å²) in [6.07, 6.45) is 2.66. The molecule has 1 aromatic heterocycles. The van der Waals surface area contributed by atoms with Crippen molar-refractivity contribution in [1.29, 1.82) is 5.26 Å². The van der Waals surface area contributed by atoms with Gasteiger partial charge >= 0.3 is 0 Å². The lowest BCUT2D eigenvalue weighted by Gasteiger charge is -2.07. The number of aromatic nitrogens is 3. The van der Waals surface area contributed by atoms with E-state index in [4.69, 9.17) is 5.26 Å². The van der Waals surface area contributed by atoms with Crippen molar-refractivity contribution in [3.63, 3.8) is 0 Å². The molecule has 0 bridgehead atoms. The van der Waals surface area contributed by atoms with Gasteiger partial charge in [-0.1, -0.05) is 13.0 Å². The van der Waals surface area contributed by atoms with Crippen molar-refractivity contribution in [3.8, 4) is 11.8 Å². The van der Waals surface area contributed by atoms with E-state index in [1.54, 1.807) is 4.68 Å². The summed E-state index contributed by atoms with van der Waals surface area (Å²) in [6, 6.07) is 7.96. The molecule has 0 aliphatic heterocycles. The lowest BCUT2D eigenvalue weighted by molar-refractivity contribution is 0.675. The second-order valence-electron chi connectivity index (χ2n) is 4.09. The molecule has 2 aromatic rings. The maximum Gasteiger partial charge on any atom is 0.252 e. The Hall–Kier alpha value is -1.71. The Labute approximate surface area is 120 Å². The fourth-order valence-electron chi connectivity index (χ4n) is 1.69. The van der Waals surface area contributed by atoms with Crippen molar-refractivity contribution in [1.82, 2.24) is 20.1 Å². The fourth-order valence-corrected chi connectivity index (χ4v) is 2.29. The molecular formula is C13H14BrN5. The van der Waals surface area contributed by atoms with Gasteiger partial charge in [0.15, 0.2) is 0 Å². The maximum absolute atomic E-state index is 8.72. The first-order valence-corrected chi connectivity index (χ1v) is 6.85. The van der Waals surface area contributed by atoms with E-state index in [-0.39, 0.29) is 5.82 Å². The molecule has 1 heterocycles. The van der Waals surface area contributed by atoms with E-state index in [1.807, 2.05) is 24.3 Å². The molecule has 0 amide bonds. The lowest BCUT2D eigenvalue weighted by Crippen LogP contribution is -2.13. The largest absolute Gasteiger partial charge is 0.313 e. The number of rotatable bonds is 5. The van der Waals surface area contributed by atoms with Crippen molar-refractivity contribution in [2.75, 3.05) is 6.54 Å². The third kappa shape index (κ3) is 3.40. The van der Waals surface area contributed by atoms with Gasteiger partial charge in [-0.25, -0.2) is 9.67 Å². The molecule has 0 aliphatic carbocycles. The number of nitriles is 1. The summed E-state index contributed by atoms with van der Waals surface area (Å²) in [7, 11) is 0. The Morgan fingerprint density at radius 1 is 1.47 bits per heavy atom. The van der Waals surface area contributed by atoms with Gasteiger partial charge in [-0.05, 0) is 46.6 Å². The molecule has 0 atom stereocenters. The second kappa shape index (κ2) is 6.45. The molecule has 0 saturated carbocycles. The number of hydrogen-bond donors (Lipinski definition) is 1. The van der Waals surface area contributed by atoms with Gasteiger partial charge in [0.25, 0.3) is 5.82 Å². The minimum atomic E-state index is 0.167. The average Bonchev–Trinajstić information content (AvgIpc) is 2.88. The molecule has 0 aliphatic rings. The van der Waals surface area contributed by atoms with Gasteiger partial charge in [0.05, 0.1) is 5.69 Å². The van der Waals surface area contributed by atoms with Crippen LogP contribution in [-0.4, -0.2) is 21.3 Å². The summed E-state index contributed by atoms with van der Waals surface area (Å²) in [5.41, 5.74) is 2.07. The van der Waals surface area contributed by atoms with Crippen molar-refractivity contribution < 1.29 is 0 Å². The van der Waals surface area contributed by atoms with Crippen molar-refractivity contribution in [3.05, 3.63) is 40.4 Å². The minimum Gasteiger partial charge on any atom is -0.313 e. The van der Waals surface area contributed by atoms with Gasteiger partial charge in [-0.2, -0.15) is 5.26 Å². The summed E-state index contributed by atoms with van der Waals surface area (Å²) in [5, 5.41) is 16.1. The Morgan fingerprint density at radius 3 is 2.95 bits per heavy atom. The summed E-state index contributed by atoms with van der Waals surface area (Å²) in [4.78, 5) is 3.89. The van der Waals surface area contributed by atoms with Crippen LogP contribution < -0.4 is 5.32 Å². The normalized spacial score (nSPS) is 10.4. The standard InChI is InChI=1S/C13H14BrN5/c1-2-5-16-8-10-3-4-12(11(14)6-10)19-9-17-13(7-15)18-19/h3-4,6,9,16H,2,5,8H2,1H3. The highest BCUT2D eigenvalue weighted by molar-refractivity contribution is 9.10. The third-order valence-corrected chi connectivity index (χ3v) is 3.24. The van der Waals surface area contributed by atoms with Crippen LogP contribution in [0.2, 0.25) is 0 Å². The zero-order chi connectivity index (χ0) is 13.7. The quantitative estimate of drug-likeness (QED) is 0.859. The lowest BCUT2D eigenvalue weighted by atomic mass is 10.2. The molecule has 6 heteroatoms. The van der Waals surface area contributed by atoms with Crippen LogP contribution in [0.3, 0.4) is 0 Å². The van der Waals surface area contributed by atoms with E-state index in [0.29, 0.717) is 0 Å². The highest BCUT2D eigenvalue weighted by atomic mass is 79.9. The van der Waals surface area contributed by atoms with Crippen LogP contribution in [-0.2, 0) is 6.54 Å². The Bertz CT molecular complexity index is 599. The van der Waals surface area contributed by atoms with Gasteiger partial charge in [-0.15, -0.1) is 5.10 Å². The average molecular weight is 320 g/mol. The number of nitrogens with one attached hydrogen (secondary N) is 1. The monoisotopic (exact) mass is 319 g/mol. The zero-order valence-electron chi connectivity index (χ0n) is 10.6. The van der Waals surface area contributed by atoms with Crippen molar-refractivity contribution in [2.45, 2.75) is 19.9 Å². The number of halogens is 1. The van der Waals surface area contributed by atoms with E-state index in [0.717, 1.165) is 29.7 Å². The van der Waals surface area contributed by atoms with E-state index >= 15 is 0 Å². The second-order valence-corrected chi connectivity index (χ2v) is 4.94. The van der Waals surface area contributed by atoms with Gasteiger partial charge in [0.2, 0.25) is 0 Å². The fraction of sp³-hybridized carbons (Fsp3) is 0.308. The van der Waals surface area contributed by atoms with Crippen LogP contribution >= 0.6 is 15.9 Å². The van der Waals surface area contributed by atoms with Gasteiger partial charge in [-0.3, -0.25) is 0 Å². The topological polar surface area (TPSA) is 66.5 Å². The molecule has 0 unspecified atom stereocenters. The van der Waals surface area contributed by atoms with Crippen molar-refractivity contribution >= 4 is 15.9 Å². The zero-order valence-corrected chi connectivity index (χ0v) is 12.2. The Morgan fingerprint density at radius 2 is 2.32 bits per heavy atom. The first-order chi connectivity index (χ1) is 9.24. The minimum absolute atomic E-state index is 0.167. The van der Waals surface area contributed by atoms with Crippen LogP contribution in [0, 0.1) is 11.3 Å². The molecule has 19 heavy (non-hydrogen) atoms. The highest BCUT2D eigenvalue weighted by Gasteiger charge is 2.06. The number of nitrogens with zero attached hydrogens (tertiary/aromatic N) is 4. The molecule has 2 rings (SSSR count). The molecule has 5 nitrogen and oxygen atoms in total. The van der Waals surface area contributed by atoms with Crippen LogP contribution in [0.25, 0.3) is 5.69 Å². The number of hydrogen-bond acceptors (Lipinski definition) is 4. The van der Waals surface area contributed by atoms with Gasteiger partial charge in [0, 0.05) is 11.0 Å². The predicted octanol–water partition coefficient (Wildman–Crippen LogP) is 2.40. The molecular weight excluding hydrogens is 306 g/mol. The Balaban J connectivity index is 2.17. The first kappa shape index (κ1) is 13.7. The van der Waals surface area contributed by atoms with Gasteiger partial charge in [0.1, 0.15) is 12.4 Å². The number of benzene rings is 1. The SMILES string of the molecule is CCCNCc1ccc(-n2cnc(C#N)n2)c(Br)c1. The van der Waals surface area contributed by atoms with Crippen LogP contribution in [0.4, 0.5) is 0 Å². The molecule has 0 fully saturated rings. The maximum atomic E-state index is 8.72. The van der Waals surface area contributed by atoms with Crippen LogP contribution in [0.15, 0.2) is 29.0 Å². The van der Waals surface area contributed by atoms with Crippen LogP contribution in [0.5, 0.6) is 0 Å². The third-order valence-electron chi connectivity index (χ3n) is 2.61. The predicted molar refractivity (Wildman–Crippen MR) is 75.8 cm³/mol. The summed E-state index contributed by atoms with van der Waals surface area (Å²) in [6.45, 7) is 3.99. The highest BCUT2D eigenvalue weighted by Crippen LogP contribution is 2.21. The molecule has 98 valence electrons. The summed E-state index contributed by atoms with van der Waals surface area (Å²) >= 11 is 3.52. The Kier molecular flexibility index (Phi) is 4.66. The molecule has 0 radical (unpaired) electrons. The first-order valence-electron chi connectivity index (χ1n) is 6.06. The smallest absolute Gasteiger partial charge is 0.252 e. The van der Waals surface area contributed by atoms with E-state index in [2.05, 4.69) is 38.3 Å². The van der Waals surface area contributed by atoms with E-state index in [1.165, 1.54) is 11.9 Å².